The SMILES string of the molecule is CCNC(=O)Nc1nc2cc(-c3cccnc3)cc(C(=O)OC(C)C)c2[nH]1. The molecule has 0 aliphatic carbocycles. The van der Waals surface area contributed by atoms with Crippen molar-refractivity contribution in [1.82, 2.24) is 20.3 Å². The van der Waals surface area contributed by atoms with Crippen LogP contribution in [0.25, 0.3) is 22.2 Å². The molecule has 2 amide bonds. The topological polar surface area (TPSA) is 109 Å². The van der Waals surface area contributed by atoms with E-state index in [2.05, 4.69) is 25.6 Å². The van der Waals surface area contributed by atoms with E-state index in [1.807, 2.05) is 25.1 Å². The van der Waals surface area contributed by atoms with E-state index in [1.54, 1.807) is 32.3 Å². The Labute approximate surface area is 156 Å². The maximum atomic E-state index is 12.6. The van der Waals surface area contributed by atoms with Crippen molar-refractivity contribution in [2.45, 2.75) is 26.9 Å². The van der Waals surface area contributed by atoms with E-state index >= 15 is 0 Å². The van der Waals surface area contributed by atoms with Crippen LogP contribution in [-0.4, -0.2) is 39.6 Å². The van der Waals surface area contributed by atoms with Gasteiger partial charge in [0, 0.05) is 24.5 Å². The van der Waals surface area contributed by atoms with E-state index in [9.17, 15) is 9.59 Å². The minimum absolute atomic E-state index is 0.248. The fourth-order valence-electron chi connectivity index (χ4n) is 2.62. The first-order chi connectivity index (χ1) is 13.0. The van der Waals surface area contributed by atoms with Crippen molar-refractivity contribution in [2.75, 3.05) is 11.9 Å². The van der Waals surface area contributed by atoms with Gasteiger partial charge in [-0.2, -0.15) is 0 Å². The zero-order valence-electron chi connectivity index (χ0n) is 15.4. The third kappa shape index (κ3) is 4.22. The molecule has 27 heavy (non-hydrogen) atoms. The van der Waals surface area contributed by atoms with E-state index in [1.165, 1.54) is 0 Å². The van der Waals surface area contributed by atoms with Crippen LogP contribution in [0.4, 0.5) is 10.7 Å². The first-order valence-electron chi connectivity index (χ1n) is 8.68. The zero-order valence-corrected chi connectivity index (χ0v) is 15.4. The summed E-state index contributed by atoms with van der Waals surface area (Å²) in [4.78, 5) is 35.9. The van der Waals surface area contributed by atoms with Crippen LogP contribution < -0.4 is 10.6 Å². The van der Waals surface area contributed by atoms with E-state index in [0.29, 0.717) is 23.1 Å². The third-order valence-corrected chi connectivity index (χ3v) is 3.72. The average Bonchev–Trinajstić information content (AvgIpc) is 3.03. The highest BCUT2D eigenvalue weighted by Crippen LogP contribution is 2.28. The van der Waals surface area contributed by atoms with Gasteiger partial charge in [0.25, 0.3) is 0 Å². The van der Waals surface area contributed by atoms with Crippen molar-refractivity contribution >= 4 is 29.0 Å². The van der Waals surface area contributed by atoms with Gasteiger partial charge in [0.15, 0.2) is 0 Å². The number of aromatic nitrogens is 3. The zero-order chi connectivity index (χ0) is 19.4. The van der Waals surface area contributed by atoms with Gasteiger partial charge in [-0.05, 0) is 44.5 Å². The maximum absolute atomic E-state index is 12.6. The van der Waals surface area contributed by atoms with E-state index in [-0.39, 0.29) is 18.1 Å². The molecule has 0 bridgehead atoms. The lowest BCUT2D eigenvalue weighted by molar-refractivity contribution is 0.0380. The van der Waals surface area contributed by atoms with Crippen LogP contribution >= 0.6 is 0 Å². The molecular weight excluding hydrogens is 346 g/mol. The lowest BCUT2D eigenvalue weighted by Crippen LogP contribution is -2.28. The van der Waals surface area contributed by atoms with Gasteiger partial charge >= 0.3 is 12.0 Å². The molecule has 0 saturated carbocycles. The number of pyridine rings is 1. The predicted molar refractivity (Wildman–Crippen MR) is 103 cm³/mol. The van der Waals surface area contributed by atoms with Crippen molar-refractivity contribution in [1.29, 1.82) is 0 Å². The molecule has 0 spiro atoms. The van der Waals surface area contributed by atoms with Crippen molar-refractivity contribution < 1.29 is 14.3 Å². The number of benzene rings is 1. The number of aromatic amines is 1. The molecule has 8 nitrogen and oxygen atoms in total. The van der Waals surface area contributed by atoms with Crippen LogP contribution in [0.15, 0.2) is 36.7 Å². The molecule has 0 saturated heterocycles. The van der Waals surface area contributed by atoms with Gasteiger partial charge in [0.05, 0.1) is 22.7 Å². The second-order valence-electron chi connectivity index (χ2n) is 6.18. The van der Waals surface area contributed by atoms with Gasteiger partial charge in [0.2, 0.25) is 5.95 Å². The highest BCUT2D eigenvalue weighted by molar-refractivity contribution is 6.05. The number of nitrogens with one attached hydrogen (secondary N) is 3. The summed E-state index contributed by atoms with van der Waals surface area (Å²) in [5.74, 6) is -0.216. The molecule has 1 aromatic carbocycles. The Kier molecular flexibility index (Phi) is 5.35. The molecule has 2 aromatic heterocycles. The summed E-state index contributed by atoms with van der Waals surface area (Å²) in [5.41, 5.74) is 3.01. The Morgan fingerprint density at radius 2 is 2.07 bits per heavy atom. The van der Waals surface area contributed by atoms with Crippen LogP contribution in [0.5, 0.6) is 0 Å². The van der Waals surface area contributed by atoms with Crippen molar-refractivity contribution in [3.63, 3.8) is 0 Å². The molecule has 0 aliphatic heterocycles. The van der Waals surface area contributed by atoms with Gasteiger partial charge < -0.3 is 15.0 Å². The van der Waals surface area contributed by atoms with Crippen molar-refractivity contribution in [3.05, 3.63) is 42.2 Å². The first-order valence-corrected chi connectivity index (χ1v) is 8.68. The molecule has 3 aromatic rings. The molecule has 3 rings (SSSR count). The van der Waals surface area contributed by atoms with Crippen LogP contribution in [0.1, 0.15) is 31.1 Å². The normalized spacial score (nSPS) is 10.8. The molecule has 3 N–H and O–H groups in total. The van der Waals surface area contributed by atoms with E-state index in [0.717, 1.165) is 11.1 Å². The number of H-pyrrole nitrogens is 1. The largest absolute Gasteiger partial charge is 0.459 e. The van der Waals surface area contributed by atoms with Crippen LogP contribution in [-0.2, 0) is 4.74 Å². The summed E-state index contributed by atoms with van der Waals surface area (Å²) in [6.07, 6.45) is 3.13. The average molecular weight is 367 g/mol. The number of fused-ring (bicyclic) bond motifs is 1. The highest BCUT2D eigenvalue weighted by atomic mass is 16.5. The number of carbonyl (C=O) groups excluding carboxylic acids is 2. The second kappa shape index (κ2) is 7.86. The number of carbonyl (C=O) groups is 2. The molecule has 8 heteroatoms. The number of hydrogen-bond acceptors (Lipinski definition) is 5. The molecule has 2 heterocycles. The number of anilines is 1. The Morgan fingerprint density at radius 1 is 1.26 bits per heavy atom. The number of esters is 1. The van der Waals surface area contributed by atoms with Gasteiger partial charge in [-0.3, -0.25) is 10.3 Å². The van der Waals surface area contributed by atoms with Crippen LogP contribution in [0.2, 0.25) is 0 Å². The molecular formula is C19H21N5O3. The summed E-state index contributed by atoms with van der Waals surface area (Å²) in [6, 6.07) is 6.90. The third-order valence-electron chi connectivity index (χ3n) is 3.72. The fourth-order valence-corrected chi connectivity index (χ4v) is 2.62. The minimum Gasteiger partial charge on any atom is -0.459 e. The van der Waals surface area contributed by atoms with Crippen LogP contribution in [0.3, 0.4) is 0 Å². The van der Waals surface area contributed by atoms with Gasteiger partial charge in [-0.15, -0.1) is 0 Å². The molecule has 0 atom stereocenters. The number of rotatable bonds is 5. The smallest absolute Gasteiger partial charge is 0.340 e. The Bertz CT molecular complexity index is 966. The summed E-state index contributed by atoms with van der Waals surface area (Å²) in [5, 5.41) is 5.25. The van der Waals surface area contributed by atoms with E-state index < -0.39 is 5.97 Å². The molecule has 0 radical (unpaired) electrons. The number of urea groups is 1. The molecule has 0 unspecified atom stereocenters. The summed E-state index contributed by atoms with van der Waals surface area (Å²) in [6.45, 7) is 5.88. The Hall–Kier alpha value is -3.42. The van der Waals surface area contributed by atoms with Gasteiger partial charge in [-0.1, -0.05) is 6.07 Å². The molecule has 140 valence electrons. The Balaban J connectivity index is 2.08. The number of amides is 2. The highest BCUT2D eigenvalue weighted by Gasteiger charge is 2.19. The lowest BCUT2D eigenvalue weighted by Gasteiger charge is -2.10. The number of imidazole rings is 1. The number of ether oxygens (including phenoxy) is 1. The second-order valence-corrected chi connectivity index (χ2v) is 6.18. The quantitative estimate of drug-likeness (QED) is 0.599. The molecule has 0 fully saturated rings. The van der Waals surface area contributed by atoms with Gasteiger partial charge in [-0.25, -0.2) is 14.6 Å². The van der Waals surface area contributed by atoms with Crippen molar-refractivity contribution in [3.8, 4) is 11.1 Å². The summed E-state index contributed by atoms with van der Waals surface area (Å²) >= 11 is 0. The fraction of sp³-hybridized carbons (Fsp3) is 0.263. The van der Waals surface area contributed by atoms with E-state index in [4.69, 9.17) is 4.74 Å². The van der Waals surface area contributed by atoms with Gasteiger partial charge in [0.1, 0.15) is 0 Å². The minimum atomic E-state index is -0.464. The lowest BCUT2D eigenvalue weighted by atomic mass is 10.0. The maximum Gasteiger partial charge on any atom is 0.340 e. The predicted octanol–water partition coefficient (Wildman–Crippen LogP) is 3.33. The number of nitrogens with zero attached hydrogens (tertiary/aromatic N) is 2. The monoisotopic (exact) mass is 367 g/mol. The van der Waals surface area contributed by atoms with Crippen molar-refractivity contribution in [2.24, 2.45) is 0 Å². The Morgan fingerprint density at radius 3 is 2.74 bits per heavy atom. The molecule has 0 aliphatic rings. The summed E-state index contributed by atoms with van der Waals surface area (Å²) < 4.78 is 5.36. The van der Waals surface area contributed by atoms with Crippen LogP contribution in [0, 0.1) is 0 Å². The standard InChI is InChI=1S/C19H21N5O3/c1-4-21-19(26)24-18-22-15-9-13(12-6-5-7-20-10-12)8-14(16(15)23-18)17(25)27-11(2)3/h5-11H,4H2,1-3H3,(H3,21,22,23,24,26). The summed E-state index contributed by atoms with van der Waals surface area (Å²) in [7, 11) is 0. The number of hydrogen-bond donors (Lipinski definition) is 3. The first kappa shape index (κ1) is 18.4.